The predicted octanol–water partition coefficient (Wildman–Crippen LogP) is 1.34. The van der Waals surface area contributed by atoms with Crippen LogP contribution in [0, 0.1) is 11.7 Å². The largest absolute Gasteiger partial charge is 0.370 e. The van der Waals surface area contributed by atoms with Crippen molar-refractivity contribution < 1.29 is 14.0 Å². The molecule has 1 unspecified atom stereocenters. The summed E-state index contributed by atoms with van der Waals surface area (Å²) in [7, 11) is 0. The Morgan fingerprint density at radius 2 is 2.17 bits per heavy atom. The number of Topliss-reactive ketones (excluding diaryl/α,β-unsaturated/α-hetero) is 1. The third-order valence-corrected chi connectivity index (χ3v) is 3.27. The SMILES string of the molecule is CC(=O)c1c(F)cccc1N1CCC(C(N)=O)C1. The average molecular weight is 250 g/mol. The second-order valence-electron chi connectivity index (χ2n) is 4.52. The van der Waals surface area contributed by atoms with Crippen molar-refractivity contribution in [2.75, 3.05) is 18.0 Å². The van der Waals surface area contributed by atoms with Crippen LogP contribution in [-0.4, -0.2) is 24.8 Å². The van der Waals surface area contributed by atoms with Gasteiger partial charge in [-0.15, -0.1) is 0 Å². The van der Waals surface area contributed by atoms with E-state index >= 15 is 0 Å². The molecular formula is C13H15FN2O2. The molecule has 0 aromatic heterocycles. The van der Waals surface area contributed by atoms with Crippen molar-refractivity contribution in [2.24, 2.45) is 11.7 Å². The summed E-state index contributed by atoms with van der Waals surface area (Å²) in [6.07, 6.45) is 0.642. The second kappa shape index (κ2) is 4.76. The minimum Gasteiger partial charge on any atom is -0.370 e. The van der Waals surface area contributed by atoms with Crippen LogP contribution in [0.4, 0.5) is 10.1 Å². The predicted molar refractivity (Wildman–Crippen MR) is 65.9 cm³/mol. The maximum atomic E-state index is 13.7. The number of ketones is 1. The van der Waals surface area contributed by atoms with Crippen molar-refractivity contribution in [3.05, 3.63) is 29.6 Å². The first-order valence-corrected chi connectivity index (χ1v) is 5.84. The fourth-order valence-electron chi connectivity index (χ4n) is 2.34. The van der Waals surface area contributed by atoms with Gasteiger partial charge in [0.2, 0.25) is 5.91 Å². The topological polar surface area (TPSA) is 63.4 Å². The smallest absolute Gasteiger partial charge is 0.222 e. The molecule has 1 aliphatic rings. The van der Waals surface area contributed by atoms with Gasteiger partial charge >= 0.3 is 0 Å². The Balaban J connectivity index is 2.32. The molecule has 1 aliphatic heterocycles. The molecule has 1 amide bonds. The molecule has 1 fully saturated rings. The van der Waals surface area contributed by atoms with Crippen molar-refractivity contribution in [3.63, 3.8) is 0 Å². The van der Waals surface area contributed by atoms with Crippen LogP contribution in [0.2, 0.25) is 0 Å². The highest BCUT2D eigenvalue weighted by Crippen LogP contribution is 2.28. The van der Waals surface area contributed by atoms with Crippen LogP contribution in [0.25, 0.3) is 0 Å². The number of nitrogens with zero attached hydrogens (tertiary/aromatic N) is 1. The lowest BCUT2D eigenvalue weighted by Crippen LogP contribution is -2.28. The molecule has 0 aliphatic carbocycles. The highest BCUT2D eigenvalue weighted by Gasteiger charge is 2.29. The molecule has 1 aromatic carbocycles. The summed E-state index contributed by atoms with van der Waals surface area (Å²) in [6.45, 7) is 2.39. The summed E-state index contributed by atoms with van der Waals surface area (Å²) in [4.78, 5) is 24.5. The number of primary amides is 1. The van der Waals surface area contributed by atoms with Gasteiger partial charge in [0, 0.05) is 13.1 Å². The van der Waals surface area contributed by atoms with Crippen LogP contribution < -0.4 is 10.6 Å². The molecule has 0 saturated carbocycles. The van der Waals surface area contributed by atoms with Crippen molar-refractivity contribution in [3.8, 4) is 0 Å². The molecule has 4 nitrogen and oxygen atoms in total. The van der Waals surface area contributed by atoms with Gasteiger partial charge < -0.3 is 10.6 Å². The quantitative estimate of drug-likeness (QED) is 0.823. The molecular weight excluding hydrogens is 235 g/mol. The Morgan fingerprint density at radius 3 is 2.72 bits per heavy atom. The molecule has 0 radical (unpaired) electrons. The molecule has 0 bridgehead atoms. The number of hydrogen-bond acceptors (Lipinski definition) is 3. The van der Waals surface area contributed by atoms with E-state index in [1.165, 1.54) is 13.0 Å². The molecule has 1 aromatic rings. The van der Waals surface area contributed by atoms with Gasteiger partial charge in [0.25, 0.3) is 0 Å². The minimum atomic E-state index is -0.525. The fourth-order valence-corrected chi connectivity index (χ4v) is 2.34. The summed E-state index contributed by atoms with van der Waals surface area (Å²) in [5, 5.41) is 0. The normalized spacial score (nSPS) is 19.0. The van der Waals surface area contributed by atoms with Crippen molar-refractivity contribution >= 4 is 17.4 Å². The number of benzene rings is 1. The molecule has 18 heavy (non-hydrogen) atoms. The summed E-state index contributed by atoms with van der Waals surface area (Å²) in [6, 6.07) is 4.53. The molecule has 1 heterocycles. The van der Waals surface area contributed by atoms with E-state index in [-0.39, 0.29) is 23.2 Å². The maximum Gasteiger partial charge on any atom is 0.222 e. The Labute approximate surface area is 105 Å². The first-order valence-electron chi connectivity index (χ1n) is 5.84. The summed E-state index contributed by atoms with van der Waals surface area (Å²) < 4.78 is 13.7. The summed E-state index contributed by atoms with van der Waals surface area (Å²) in [5.74, 6) is -1.42. The van der Waals surface area contributed by atoms with Gasteiger partial charge in [0.1, 0.15) is 5.82 Å². The number of amides is 1. The molecule has 2 rings (SSSR count). The van der Waals surface area contributed by atoms with E-state index in [2.05, 4.69) is 0 Å². The molecule has 96 valence electrons. The summed E-state index contributed by atoms with van der Waals surface area (Å²) >= 11 is 0. The standard InChI is InChI=1S/C13H15FN2O2/c1-8(17)12-10(14)3-2-4-11(12)16-6-5-9(7-16)13(15)18/h2-4,9H,5-7H2,1H3,(H2,15,18). The van der Waals surface area contributed by atoms with E-state index in [0.717, 1.165) is 0 Å². The number of carbonyl (C=O) groups excluding carboxylic acids is 2. The zero-order chi connectivity index (χ0) is 13.3. The molecule has 1 atom stereocenters. The number of halogens is 1. The van der Waals surface area contributed by atoms with Crippen LogP contribution in [0.1, 0.15) is 23.7 Å². The molecule has 1 saturated heterocycles. The van der Waals surface area contributed by atoms with E-state index in [1.807, 2.05) is 4.90 Å². The fraction of sp³-hybridized carbons (Fsp3) is 0.385. The number of anilines is 1. The minimum absolute atomic E-state index is 0.0858. The molecule has 5 heteroatoms. The summed E-state index contributed by atoms with van der Waals surface area (Å²) in [5.41, 5.74) is 5.89. The molecule has 0 spiro atoms. The van der Waals surface area contributed by atoms with Gasteiger partial charge in [-0.05, 0) is 25.5 Å². The monoisotopic (exact) mass is 250 g/mol. The highest BCUT2D eigenvalue weighted by atomic mass is 19.1. The van der Waals surface area contributed by atoms with Gasteiger partial charge in [0.05, 0.1) is 17.2 Å². The first kappa shape index (κ1) is 12.5. The lowest BCUT2D eigenvalue weighted by Gasteiger charge is -2.21. The Bertz CT molecular complexity index is 502. The van der Waals surface area contributed by atoms with Gasteiger partial charge in [-0.25, -0.2) is 4.39 Å². The third-order valence-electron chi connectivity index (χ3n) is 3.27. The first-order chi connectivity index (χ1) is 8.50. The zero-order valence-corrected chi connectivity index (χ0v) is 10.1. The van der Waals surface area contributed by atoms with Gasteiger partial charge in [-0.1, -0.05) is 6.07 Å². The van der Waals surface area contributed by atoms with Crippen molar-refractivity contribution in [1.29, 1.82) is 0 Å². The lowest BCUT2D eigenvalue weighted by atomic mass is 10.1. The maximum absolute atomic E-state index is 13.7. The van der Waals surface area contributed by atoms with Crippen molar-refractivity contribution in [2.45, 2.75) is 13.3 Å². The lowest BCUT2D eigenvalue weighted by molar-refractivity contribution is -0.121. The van der Waals surface area contributed by atoms with Gasteiger partial charge in [0.15, 0.2) is 5.78 Å². The number of carbonyl (C=O) groups is 2. The zero-order valence-electron chi connectivity index (χ0n) is 10.1. The van der Waals surface area contributed by atoms with Crippen LogP contribution in [0.15, 0.2) is 18.2 Å². The second-order valence-corrected chi connectivity index (χ2v) is 4.52. The van der Waals surface area contributed by atoms with Crippen LogP contribution >= 0.6 is 0 Å². The number of hydrogen-bond donors (Lipinski definition) is 1. The van der Waals surface area contributed by atoms with Crippen molar-refractivity contribution in [1.82, 2.24) is 0 Å². The van der Waals surface area contributed by atoms with E-state index < -0.39 is 5.82 Å². The number of rotatable bonds is 3. The van der Waals surface area contributed by atoms with E-state index in [0.29, 0.717) is 25.2 Å². The highest BCUT2D eigenvalue weighted by molar-refractivity contribution is 6.00. The number of nitrogens with two attached hydrogens (primary N) is 1. The Kier molecular flexibility index (Phi) is 3.32. The van der Waals surface area contributed by atoms with Crippen LogP contribution in [-0.2, 0) is 4.79 Å². The van der Waals surface area contributed by atoms with E-state index in [4.69, 9.17) is 5.73 Å². The third kappa shape index (κ3) is 2.20. The van der Waals surface area contributed by atoms with Crippen LogP contribution in [0.5, 0.6) is 0 Å². The Hall–Kier alpha value is -1.91. The van der Waals surface area contributed by atoms with Crippen LogP contribution in [0.3, 0.4) is 0 Å². The van der Waals surface area contributed by atoms with E-state index in [1.54, 1.807) is 12.1 Å². The average Bonchev–Trinajstić information content (AvgIpc) is 2.77. The van der Waals surface area contributed by atoms with Gasteiger partial charge in [-0.3, -0.25) is 9.59 Å². The van der Waals surface area contributed by atoms with E-state index in [9.17, 15) is 14.0 Å². The molecule has 2 N–H and O–H groups in total. The Morgan fingerprint density at radius 1 is 1.44 bits per heavy atom. The van der Waals surface area contributed by atoms with Gasteiger partial charge in [-0.2, -0.15) is 0 Å².